The summed E-state index contributed by atoms with van der Waals surface area (Å²) in [7, 11) is -2.95. The first-order chi connectivity index (χ1) is 14.4. The van der Waals surface area contributed by atoms with Gasteiger partial charge >= 0.3 is 5.97 Å². The third kappa shape index (κ3) is 5.15. The van der Waals surface area contributed by atoms with Crippen molar-refractivity contribution in [3.05, 3.63) is 90.2 Å². The smallest absolute Gasteiger partial charge is 0.326 e. The molecule has 0 saturated heterocycles. The second kappa shape index (κ2) is 9.41. The molecule has 0 atom stereocenters. The molecule has 0 saturated carbocycles. The number of hydrogen-bond acceptors (Lipinski definition) is 5. The zero-order valence-corrected chi connectivity index (χ0v) is 17.0. The Morgan fingerprint density at radius 2 is 1.57 bits per heavy atom. The molecule has 3 aromatic rings. The topological polar surface area (TPSA) is 72.9 Å². The molecule has 3 rings (SSSR count). The van der Waals surface area contributed by atoms with Crippen molar-refractivity contribution in [1.29, 1.82) is 0 Å². The molecule has 3 aromatic carbocycles. The predicted octanol–water partition coefficient (Wildman–Crippen LogP) is 3.77. The van der Waals surface area contributed by atoms with Crippen molar-refractivity contribution in [2.24, 2.45) is 0 Å². The quantitative estimate of drug-likeness (QED) is 0.510. The van der Waals surface area contributed by atoms with Gasteiger partial charge in [-0.3, -0.25) is 9.10 Å². The molecular weight excluding hydrogens is 409 g/mol. The lowest BCUT2D eigenvalue weighted by molar-refractivity contribution is -0.138. The van der Waals surface area contributed by atoms with Crippen LogP contribution in [0.2, 0.25) is 0 Å². The lowest BCUT2D eigenvalue weighted by atomic mass is 10.2. The molecule has 0 aliphatic carbocycles. The van der Waals surface area contributed by atoms with Gasteiger partial charge in [-0.05, 0) is 54.1 Å². The summed E-state index contributed by atoms with van der Waals surface area (Å²) in [5.41, 5.74) is 1.24. The third-order valence-corrected chi connectivity index (χ3v) is 6.06. The van der Waals surface area contributed by atoms with Gasteiger partial charge in [-0.2, -0.15) is 0 Å². The Hall–Kier alpha value is -3.39. The number of benzene rings is 3. The third-order valence-electron chi connectivity index (χ3n) is 4.28. The van der Waals surface area contributed by atoms with Gasteiger partial charge in [0.15, 0.2) is 0 Å². The molecule has 0 amide bonds. The van der Waals surface area contributed by atoms with E-state index in [0.29, 0.717) is 12.4 Å². The zero-order chi connectivity index (χ0) is 21.6. The average Bonchev–Trinajstić information content (AvgIpc) is 2.77. The molecule has 0 aliphatic heterocycles. The first-order valence-electron chi connectivity index (χ1n) is 9.02. The van der Waals surface area contributed by atoms with E-state index in [2.05, 4.69) is 4.74 Å². The van der Waals surface area contributed by atoms with Gasteiger partial charge in [-0.25, -0.2) is 12.8 Å². The Morgan fingerprint density at radius 1 is 0.933 bits per heavy atom. The second-order valence-corrected chi connectivity index (χ2v) is 8.17. The van der Waals surface area contributed by atoms with E-state index in [4.69, 9.17) is 4.74 Å². The normalized spacial score (nSPS) is 11.0. The number of rotatable bonds is 8. The average molecular weight is 429 g/mol. The van der Waals surface area contributed by atoms with Crippen molar-refractivity contribution in [3.63, 3.8) is 0 Å². The van der Waals surface area contributed by atoms with Crippen LogP contribution < -0.4 is 9.04 Å². The van der Waals surface area contributed by atoms with Crippen LogP contribution in [0, 0.1) is 5.82 Å². The number of ether oxygens (including phenoxy) is 2. The monoisotopic (exact) mass is 429 g/mol. The predicted molar refractivity (Wildman–Crippen MR) is 110 cm³/mol. The maximum Gasteiger partial charge on any atom is 0.326 e. The molecule has 6 nitrogen and oxygen atoms in total. The Balaban J connectivity index is 1.84. The number of esters is 1. The van der Waals surface area contributed by atoms with Crippen LogP contribution >= 0.6 is 0 Å². The van der Waals surface area contributed by atoms with Crippen LogP contribution in [0.4, 0.5) is 10.1 Å². The van der Waals surface area contributed by atoms with Gasteiger partial charge in [-0.15, -0.1) is 0 Å². The zero-order valence-electron chi connectivity index (χ0n) is 16.2. The highest BCUT2D eigenvalue weighted by molar-refractivity contribution is 7.92. The van der Waals surface area contributed by atoms with Crippen molar-refractivity contribution in [2.75, 3.05) is 18.0 Å². The number of sulfonamides is 1. The van der Waals surface area contributed by atoms with E-state index >= 15 is 0 Å². The standard InChI is InChI=1S/C22H20FNO5S/c1-28-22(25)15-24(30(26,27)21-13-7-18(23)8-14-21)19-9-11-20(12-10-19)29-16-17-5-3-2-4-6-17/h2-14H,15-16H2,1H3. The van der Waals surface area contributed by atoms with Crippen LogP contribution in [0.15, 0.2) is 83.8 Å². The summed E-state index contributed by atoms with van der Waals surface area (Å²) in [6.07, 6.45) is 0. The number of halogens is 1. The maximum atomic E-state index is 13.2. The molecule has 0 heterocycles. The first-order valence-corrected chi connectivity index (χ1v) is 10.5. The van der Waals surface area contributed by atoms with Gasteiger partial charge in [0.25, 0.3) is 10.0 Å². The molecule has 156 valence electrons. The molecule has 0 radical (unpaired) electrons. The van der Waals surface area contributed by atoms with E-state index in [9.17, 15) is 17.6 Å². The molecule has 0 fully saturated rings. The number of hydrogen-bond donors (Lipinski definition) is 0. The second-order valence-electron chi connectivity index (χ2n) is 6.31. The van der Waals surface area contributed by atoms with Gasteiger partial charge in [0.1, 0.15) is 24.7 Å². The minimum Gasteiger partial charge on any atom is -0.489 e. The van der Waals surface area contributed by atoms with Crippen LogP contribution in [0.25, 0.3) is 0 Å². The summed E-state index contributed by atoms with van der Waals surface area (Å²) in [5, 5.41) is 0. The minimum atomic E-state index is -4.12. The maximum absolute atomic E-state index is 13.2. The van der Waals surface area contributed by atoms with Crippen LogP contribution in [0.3, 0.4) is 0 Å². The Kier molecular flexibility index (Phi) is 6.68. The molecule has 0 unspecified atom stereocenters. The van der Waals surface area contributed by atoms with Crippen LogP contribution in [-0.2, 0) is 26.2 Å². The summed E-state index contributed by atoms with van der Waals surface area (Å²) < 4.78 is 50.6. The minimum absolute atomic E-state index is 0.141. The van der Waals surface area contributed by atoms with Crippen molar-refractivity contribution in [2.45, 2.75) is 11.5 Å². The van der Waals surface area contributed by atoms with Gasteiger partial charge in [0, 0.05) is 0 Å². The summed E-state index contributed by atoms with van der Waals surface area (Å²) in [6, 6.07) is 20.3. The molecule has 0 N–H and O–H groups in total. The Labute approximate surface area is 174 Å². The number of carbonyl (C=O) groups excluding carboxylic acids is 1. The van der Waals surface area contributed by atoms with Crippen molar-refractivity contribution >= 4 is 21.7 Å². The van der Waals surface area contributed by atoms with Crippen molar-refractivity contribution in [1.82, 2.24) is 0 Å². The van der Waals surface area contributed by atoms with Crippen molar-refractivity contribution < 1.29 is 27.1 Å². The number of nitrogens with zero attached hydrogens (tertiary/aromatic N) is 1. The fraction of sp³-hybridized carbons (Fsp3) is 0.136. The molecule has 0 spiro atoms. The molecule has 30 heavy (non-hydrogen) atoms. The summed E-state index contributed by atoms with van der Waals surface area (Å²) in [4.78, 5) is 11.7. The Bertz CT molecular complexity index is 1080. The lowest BCUT2D eigenvalue weighted by Gasteiger charge is -2.23. The van der Waals surface area contributed by atoms with E-state index in [1.807, 2.05) is 30.3 Å². The van der Waals surface area contributed by atoms with Gasteiger partial charge in [-0.1, -0.05) is 30.3 Å². The SMILES string of the molecule is COC(=O)CN(c1ccc(OCc2ccccc2)cc1)S(=O)(=O)c1ccc(F)cc1. The lowest BCUT2D eigenvalue weighted by Crippen LogP contribution is -2.36. The molecule has 0 bridgehead atoms. The highest BCUT2D eigenvalue weighted by atomic mass is 32.2. The number of methoxy groups -OCH3 is 1. The van der Waals surface area contributed by atoms with Crippen LogP contribution in [0.5, 0.6) is 5.75 Å². The first kappa shape index (κ1) is 21.3. The molecule has 0 aromatic heterocycles. The summed E-state index contributed by atoms with van der Waals surface area (Å²) in [6.45, 7) is -0.166. The van der Waals surface area contributed by atoms with E-state index in [1.54, 1.807) is 12.1 Å². The highest BCUT2D eigenvalue weighted by Gasteiger charge is 2.27. The van der Waals surface area contributed by atoms with E-state index < -0.39 is 28.4 Å². The van der Waals surface area contributed by atoms with Crippen LogP contribution in [0.1, 0.15) is 5.56 Å². The fourth-order valence-electron chi connectivity index (χ4n) is 2.68. The van der Waals surface area contributed by atoms with E-state index in [-0.39, 0.29) is 10.6 Å². The van der Waals surface area contributed by atoms with E-state index in [0.717, 1.165) is 34.1 Å². The van der Waals surface area contributed by atoms with Crippen LogP contribution in [-0.4, -0.2) is 28.0 Å². The van der Waals surface area contributed by atoms with Crippen molar-refractivity contribution in [3.8, 4) is 5.75 Å². The molecule has 0 aliphatic rings. The number of carbonyl (C=O) groups is 1. The highest BCUT2D eigenvalue weighted by Crippen LogP contribution is 2.26. The largest absolute Gasteiger partial charge is 0.489 e. The molecular formula is C22H20FNO5S. The number of anilines is 1. The molecule has 8 heteroatoms. The van der Waals surface area contributed by atoms with Gasteiger partial charge in [0.2, 0.25) is 0 Å². The Morgan fingerprint density at radius 3 is 2.17 bits per heavy atom. The summed E-state index contributed by atoms with van der Waals surface area (Å²) in [5.74, 6) is -0.752. The van der Waals surface area contributed by atoms with E-state index in [1.165, 1.54) is 19.2 Å². The fourth-order valence-corrected chi connectivity index (χ4v) is 4.09. The summed E-state index contributed by atoms with van der Waals surface area (Å²) >= 11 is 0. The van der Waals surface area contributed by atoms with Gasteiger partial charge in [0.05, 0.1) is 17.7 Å². The van der Waals surface area contributed by atoms with Gasteiger partial charge < -0.3 is 9.47 Å².